The predicted octanol–water partition coefficient (Wildman–Crippen LogP) is 0.919. The van der Waals surface area contributed by atoms with Gasteiger partial charge in [-0.1, -0.05) is 12.1 Å². The van der Waals surface area contributed by atoms with Gasteiger partial charge in [-0.25, -0.2) is 13.1 Å². The van der Waals surface area contributed by atoms with Crippen molar-refractivity contribution in [2.75, 3.05) is 19.0 Å². The number of nitrogens with zero attached hydrogens (tertiary/aromatic N) is 1. The Kier molecular flexibility index (Phi) is 4.44. The molecular weight excluding hydrogens is 290 g/mol. The second-order valence-electron chi connectivity index (χ2n) is 4.77. The van der Waals surface area contributed by atoms with Gasteiger partial charge >= 0.3 is 0 Å². The highest BCUT2D eigenvalue weighted by Crippen LogP contribution is 2.13. The minimum absolute atomic E-state index is 0.0343. The number of aromatic amines is 1. The lowest BCUT2D eigenvalue weighted by Gasteiger charge is -2.13. The Labute approximate surface area is 123 Å². The summed E-state index contributed by atoms with van der Waals surface area (Å²) in [6.07, 6.45) is 1.18. The highest BCUT2D eigenvalue weighted by Gasteiger charge is 2.13. The first-order chi connectivity index (χ1) is 9.88. The van der Waals surface area contributed by atoms with Crippen molar-refractivity contribution >= 4 is 15.7 Å². The SMILES string of the molecule is CN(C)c1ccc(CNS(=O)(=O)c2ccc(=O)[nH]c2)cc1. The second kappa shape index (κ2) is 6.11. The fraction of sp³-hybridized carbons (Fsp3) is 0.214. The molecule has 112 valence electrons. The van der Waals surface area contributed by atoms with Gasteiger partial charge in [-0.15, -0.1) is 0 Å². The van der Waals surface area contributed by atoms with Gasteiger partial charge in [0.2, 0.25) is 15.6 Å². The Bertz CT molecular complexity index is 744. The Morgan fingerprint density at radius 1 is 1.10 bits per heavy atom. The molecule has 0 bridgehead atoms. The minimum Gasteiger partial charge on any atom is -0.378 e. The van der Waals surface area contributed by atoms with E-state index in [4.69, 9.17) is 0 Å². The normalized spacial score (nSPS) is 11.3. The molecule has 0 atom stereocenters. The fourth-order valence-corrected chi connectivity index (χ4v) is 2.72. The molecule has 0 aliphatic rings. The maximum atomic E-state index is 12.1. The molecule has 0 saturated carbocycles. The Hall–Kier alpha value is -2.12. The van der Waals surface area contributed by atoms with Crippen LogP contribution >= 0.6 is 0 Å². The van der Waals surface area contributed by atoms with Crippen LogP contribution in [-0.4, -0.2) is 27.5 Å². The molecule has 0 fully saturated rings. The number of anilines is 1. The first-order valence-electron chi connectivity index (χ1n) is 6.33. The summed E-state index contributed by atoms with van der Waals surface area (Å²) in [5, 5.41) is 0. The van der Waals surface area contributed by atoms with E-state index >= 15 is 0 Å². The molecule has 0 aliphatic carbocycles. The Morgan fingerprint density at radius 2 is 1.76 bits per heavy atom. The van der Waals surface area contributed by atoms with Crippen LogP contribution in [0.3, 0.4) is 0 Å². The zero-order valence-corrected chi connectivity index (χ0v) is 12.6. The van der Waals surface area contributed by atoms with E-state index in [9.17, 15) is 13.2 Å². The predicted molar refractivity (Wildman–Crippen MR) is 81.9 cm³/mol. The van der Waals surface area contributed by atoms with E-state index in [1.165, 1.54) is 18.3 Å². The van der Waals surface area contributed by atoms with Crippen LogP contribution < -0.4 is 15.2 Å². The van der Waals surface area contributed by atoms with E-state index in [-0.39, 0.29) is 17.0 Å². The average Bonchev–Trinajstić information content (AvgIpc) is 2.46. The second-order valence-corrected chi connectivity index (χ2v) is 6.54. The summed E-state index contributed by atoms with van der Waals surface area (Å²) in [6, 6.07) is 10.0. The van der Waals surface area contributed by atoms with Crippen molar-refractivity contribution in [3.63, 3.8) is 0 Å². The molecule has 1 aromatic heterocycles. The zero-order chi connectivity index (χ0) is 15.5. The minimum atomic E-state index is -3.63. The van der Waals surface area contributed by atoms with E-state index in [1.54, 1.807) is 0 Å². The van der Waals surface area contributed by atoms with Crippen molar-refractivity contribution in [1.29, 1.82) is 0 Å². The number of sulfonamides is 1. The van der Waals surface area contributed by atoms with Gasteiger partial charge in [0.25, 0.3) is 0 Å². The van der Waals surface area contributed by atoms with Gasteiger partial charge in [0.05, 0.1) is 4.90 Å². The zero-order valence-electron chi connectivity index (χ0n) is 11.8. The van der Waals surface area contributed by atoms with E-state index < -0.39 is 10.0 Å². The van der Waals surface area contributed by atoms with Crippen molar-refractivity contribution in [3.05, 3.63) is 58.5 Å². The monoisotopic (exact) mass is 307 g/mol. The first-order valence-corrected chi connectivity index (χ1v) is 7.81. The Balaban J connectivity index is 2.08. The summed E-state index contributed by atoms with van der Waals surface area (Å²) in [6.45, 7) is 0.190. The van der Waals surface area contributed by atoms with Crippen LogP contribution in [0.15, 0.2) is 52.3 Å². The molecule has 0 saturated heterocycles. The average molecular weight is 307 g/mol. The molecule has 1 heterocycles. The van der Waals surface area contributed by atoms with Gasteiger partial charge in [0.15, 0.2) is 0 Å². The van der Waals surface area contributed by atoms with Crippen molar-refractivity contribution in [2.24, 2.45) is 0 Å². The maximum absolute atomic E-state index is 12.1. The third-order valence-corrected chi connectivity index (χ3v) is 4.38. The molecule has 0 unspecified atom stereocenters. The number of hydrogen-bond acceptors (Lipinski definition) is 4. The van der Waals surface area contributed by atoms with Gasteiger partial charge in [-0.2, -0.15) is 0 Å². The lowest BCUT2D eigenvalue weighted by molar-refractivity contribution is 0.581. The van der Waals surface area contributed by atoms with E-state index in [0.717, 1.165) is 11.3 Å². The van der Waals surface area contributed by atoms with Crippen molar-refractivity contribution in [1.82, 2.24) is 9.71 Å². The summed E-state index contributed by atoms with van der Waals surface area (Å²) in [7, 11) is 0.245. The van der Waals surface area contributed by atoms with Crippen LogP contribution in [0.4, 0.5) is 5.69 Å². The standard InChI is InChI=1S/C14H17N3O3S/c1-17(2)12-5-3-11(4-6-12)9-16-21(19,20)13-7-8-14(18)15-10-13/h3-8,10,16H,9H2,1-2H3,(H,15,18). The molecule has 0 radical (unpaired) electrons. The van der Waals surface area contributed by atoms with Crippen LogP contribution in [0.2, 0.25) is 0 Å². The van der Waals surface area contributed by atoms with Gasteiger partial charge in [-0.3, -0.25) is 4.79 Å². The first kappa shape index (κ1) is 15.3. The largest absolute Gasteiger partial charge is 0.378 e. The highest BCUT2D eigenvalue weighted by atomic mass is 32.2. The lowest BCUT2D eigenvalue weighted by atomic mass is 10.2. The summed E-state index contributed by atoms with van der Waals surface area (Å²) in [5.74, 6) is 0. The topological polar surface area (TPSA) is 82.3 Å². The fourth-order valence-electron chi connectivity index (χ4n) is 1.74. The molecule has 6 nitrogen and oxygen atoms in total. The van der Waals surface area contributed by atoms with Gasteiger partial charge < -0.3 is 9.88 Å². The van der Waals surface area contributed by atoms with Crippen LogP contribution in [0.5, 0.6) is 0 Å². The number of nitrogens with one attached hydrogen (secondary N) is 2. The number of benzene rings is 1. The van der Waals surface area contributed by atoms with Crippen LogP contribution in [0, 0.1) is 0 Å². The van der Waals surface area contributed by atoms with Gasteiger partial charge in [-0.05, 0) is 23.8 Å². The van der Waals surface area contributed by atoms with Crippen molar-refractivity contribution in [2.45, 2.75) is 11.4 Å². The smallest absolute Gasteiger partial charge is 0.247 e. The van der Waals surface area contributed by atoms with Crippen LogP contribution in [0.1, 0.15) is 5.56 Å². The molecular formula is C14H17N3O3S. The number of pyridine rings is 1. The molecule has 2 N–H and O–H groups in total. The van der Waals surface area contributed by atoms with E-state index in [1.807, 2.05) is 43.3 Å². The quantitative estimate of drug-likeness (QED) is 0.860. The number of hydrogen-bond donors (Lipinski definition) is 2. The molecule has 0 aliphatic heterocycles. The summed E-state index contributed by atoms with van der Waals surface area (Å²) < 4.78 is 26.6. The third-order valence-electron chi connectivity index (χ3n) is 2.99. The van der Waals surface area contributed by atoms with Gasteiger partial charge in [0.1, 0.15) is 0 Å². The Morgan fingerprint density at radius 3 is 2.29 bits per heavy atom. The molecule has 0 spiro atoms. The highest BCUT2D eigenvalue weighted by molar-refractivity contribution is 7.89. The number of aromatic nitrogens is 1. The van der Waals surface area contributed by atoms with E-state index in [2.05, 4.69) is 9.71 Å². The molecule has 2 aromatic rings. The van der Waals surface area contributed by atoms with E-state index in [0.29, 0.717) is 0 Å². The number of rotatable bonds is 5. The molecule has 1 aromatic carbocycles. The van der Waals surface area contributed by atoms with Crippen molar-refractivity contribution < 1.29 is 8.42 Å². The molecule has 2 rings (SSSR count). The van der Waals surface area contributed by atoms with Crippen LogP contribution in [-0.2, 0) is 16.6 Å². The molecule has 0 amide bonds. The van der Waals surface area contributed by atoms with Crippen molar-refractivity contribution in [3.8, 4) is 0 Å². The molecule has 7 heteroatoms. The summed E-state index contributed by atoms with van der Waals surface area (Å²) in [4.78, 5) is 15.3. The lowest BCUT2D eigenvalue weighted by Crippen LogP contribution is -2.24. The third kappa shape index (κ3) is 3.93. The maximum Gasteiger partial charge on any atom is 0.247 e. The number of H-pyrrole nitrogens is 1. The molecule has 21 heavy (non-hydrogen) atoms. The van der Waals surface area contributed by atoms with Gasteiger partial charge in [0, 0.05) is 38.6 Å². The summed E-state index contributed by atoms with van der Waals surface area (Å²) in [5.41, 5.74) is 1.56. The van der Waals surface area contributed by atoms with Crippen LogP contribution in [0.25, 0.3) is 0 Å². The summed E-state index contributed by atoms with van der Waals surface area (Å²) >= 11 is 0.